The van der Waals surface area contributed by atoms with Crippen molar-refractivity contribution in [2.24, 2.45) is 5.92 Å². The summed E-state index contributed by atoms with van der Waals surface area (Å²) in [6, 6.07) is 12.0. The van der Waals surface area contributed by atoms with Gasteiger partial charge in [0.05, 0.1) is 22.3 Å². The smallest absolute Gasteiger partial charge is 0.270 e. The summed E-state index contributed by atoms with van der Waals surface area (Å²) in [4.78, 5) is 15.3. The van der Waals surface area contributed by atoms with Crippen LogP contribution in [-0.4, -0.2) is 31.1 Å². The quantitative estimate of drug-likeness (QED) is 0.386. The van der Waals surface area contributed by atoms with Gasteiger partial charge in [-0.2, -0.15) is 0 Å². The summed E-state index contributed by atoms with van der Waals surface area (Å²) < 4.78 is 0. The van der Waals surface area contributed by atoms with E-state index in [1.54, 1.807) is 23.9 Å². The van der Waals surface area contributed by atoms with Crippen molar-refractivity contribution in [1.82, 2.24) is 10.6 Å². The number of anilines is 2. The molecule has 3 aliphatic rings. The van der Waals surface area contributed by atoms with Gasteiger partial charge in [0, 0.05) is 40.1 Å². The molecule has 0 radical (unpaired) electrons. The van der Waals surface area contributed by atoms with Gasteiger partial charge in [0.15, 0.2) is 0 Å². The molecule has 2 aliphatic heterocycles. The lowest BCUT2D eigenvalue weighted by molar-refractivity contribution is -0.385. The third-order valence-electron chi connectivity index (χ3n) is 5.89. The summed E-state index contributed by atoms with van der Waals surface area (Å²) in [6.07, 6.45) is 11.9. The van der Waals surface area contributed by atoms with Crippen molar-refractivity contribution in [1.29, 1.82) is 0 Å². The van der Waals surface area contributed by atoms with E-state index in [1.165, 1.54) is 0 Å². The molecule has 2 aromatic rings. The number of hydrogen-bond acceptors (Lipinski definition) is 6. The molecule has 7 heteroatoms. The Balaban J connectivity index is 1.50. The minimum atomic E-state index is -0.325. The summed E-state index contributed by atoms with van der Waals surface area (Å²) >= 11 is 1.61. The topological polar surface area (TPSA) is 70.4 Å². The fourth-order valence-corrected chi connectivity index (χ4v) is 5.51. The normalized spacial score (nSPS) is 20.5. The van der Waals surface area contributed by atoms with Gasteiger partial charge in [0.25, 0.3) is 5.69 Å². The number of nitrogens with zero attached hydrogens (tertiary/aromatic N) is 2. The average Bonchev–Trinajstić information content (AvgIpc) is 3.22. The summed E-state index contributed by atoms with van der Waals surface area (Å²) in [5.41, 5.74) is 4.60. The van der Waals surface area contributed by atoms with Gasteiger partial charge < -0.3 is 15.5 Å². The molecule has 0 bridgehead atoms. The predicted molar refractivity (Wildman–Crippen MR) is 126 cm³/mol. The highest BCUT2D eigenvalue weighted by Gasteiger charge is 2.28. The van der Waals surface area contributed by atoms with Gasteiger partial charge in [-0.15, -0.1) is 0 Å². The van der Waals surface area contributed by atoms with E-state index in [1.807, 2.05) is 13.1 Å². The van der Waals surface area contributed by atoms with Crippen LogP contribution in [0, 0.1) is 16.0 Å². The van der Waals surface area contributed by atoms with Crippen LogP contribution in [0.25, 0.3) is 5.70 Å². The zero-order valence-electron chi connectivity index (χ0n) is 17.2. The summed E-state index contributed by atoms with van der Waals surface area (Å²) in [7, 11) is 1.95. The summed E-state index contributed by atoms with van der Waals surface area (Å²) in [5.74, 6) is 0.380. The molecule has 1 aliphatic carbocycles. The number of benzene rings is 2. The maximum Gasteiger partial charge on any atom is 0.270 e. The third kappa shape index (κ3) is 3.75. The number of fused-ring (bicyclic) bond motifs is 3. The number of non-ortho nitro benzene ring substituents is 1. The van der Waals surface area contributed by atoms with Gasteiger partial charge in [-0.1, -0.05) is 48.2 Å². The van der Waals surface area contributed by atoms with E-state index >= 15 is 0 Å². The van der Waals surface area contributed by atoms with Crippen LogP contribution < -0.4 is 15.5 Å². The highest BCUT2D eigenvalue weighted by atomic mass is 32.2. The molecule has 5 rings (SSSR count). The van der Waals surface area contributed by atoms with E-state index < -0.39 is 0 Å². The molecule has 2 aromatic carbocycles. The first kappa shape index (κ1) is 19.9. The van der Waals surface area contributed by atoms with Gasteiger partial charge in [0.1, 0.15) is 0 Å². The van der Waals surface area contributed by atoms with E-state index in [0.717, 1.165) is 51.9 Å². The van der Waals surface area contributed by atoms with Crippen molar-refractivity contribution in [3.63, 3.8) is 0 Å². The second-order valence-corrected chi connectivity index (χ2v) is 8.98. The highest BCUT2D eigenvalue weighted by Crippen LogP contribution is 2.50. The van der Waals surface area contributed by atoms with Crippen LogP contribution in [0.2, 0.25) is 0 Å². The van der Waals surface area contributed by atoms with Crippen molar-refractivity contribution in [2.75, 3.05) is 25.0 Å². The van der Waals surface area contributed by atoms with E-state index in [2.05, 4.69) is 64.1 Å². The molecule has 6 nitrogen and oxygen atoms in total. The Kier molecular flexibility index (Phi) is 5.29. The molecule has 2 N–H and O–H groups in total. The van der Waals surface area contributed by atoms with Gasteiger partial charge in [-0.25, -0.2) is 0 Å². The van der Waals surface area contributed by atoms with Gasteiger partial charge in [0.2, 0.25) is 0 Å². The van der Waals surface area contributed by atoms with Crippen molar-refractivity contribution in [3.05, 3.63) is 82.5 Å². The first-order valence-electron chi connectivity index (χ1n) is 10.5. The van der Waals surface area contributed by atoms with E-state index in [0.29, 0.717) is 12.0 Å². The van der Waals surface area contributed by atoms with Crippen molar-refractivity contribution in [3.8, 4) is 0 Å². The average molecular weight is 433 g/mol. The lowest BCUT2D eigenvalue weighted by Gasteiger charge is -2.33. The maximum atomic E-state index is 11.3. The standard InChI is InChI=1S/C24H24N4O2S/c1-25-11-4-12-27-21-9-7-17(20-13-16-5-2-3-6-19(16)26-20)14-23(21)31-24-15-18(28(29)30)8-10-22(24)27/h2-3,5-10,13-16,19,25-26H,4,11-12H2,1H3. The molecule has 0 amide bonds. The lowest BCUT2D eigenvalue weighted by Crippen LogP contribution is -2.26. The van der Waals surface area contributed by atoms with Crippen LogP contribution in [0.5, 0.6) is 0 Å². The molecule has 0 saturated heterocycles. The van der Waals surface area contributed by atoms with Crippen molar-refractivity contribution >= 4 is 34.5 Å². The second-order valence-electron chi connectivity index (χ2n) is 7.90. The molecule has 0 aromatic heterocycles. The lowest BCUT2D eigenvalue weighted by atomic mass is 9.98. The third-order valence-corrected chi connectivity index (χ3v) is 6.99. The molecule has 0 spiro atoms. The molecule has 158 valence electrons. The molecular formula is C24H24N4O2S. The van der Waals surface area contributed by atoms with Crippen molar-refractivity contribution in [2.45, 2.75) is 22.3 Å². The minimum Gasteiger partial charge on any atom is -0.378 e. The van der Waals surface area contributed by atoms with Gasteiger partial charge in [-0.05, 0) is 43.8 Å². The first-order valence-corrected chi connectivity index (χ1v) is 11.3. The second kappa shape index (κ2) is 8.24. The van der Waals surface area contributed by atoms with E-state index in [-0.39, 0.29) is 10.6 Å². The monoisotopic (exact) mass is 432 g/mol. The largest absolute Gasteiger partial charge is 0.378 e. The van der Waals surface area contributed by atoms with Gasteiger partial charge >= 0.3 is 0 Å². The predicted octanol–water partition coefficient (Wildman–Crippen LogP) is 4.86. The zero-order chi connectivity index (χ0) is 21.4. The number of rotatable bonds is 6. The molecule has 2 unspecified atom stereocenters. The maximum absolute atomic E-state index is 11.3. The Bertz CT molecular complexity index is 1120. The number of nitrogens with one attached hydrogen (secondary N) is 2. The molecule has 0 fully saturated rings. The van der Waals surface area contributed by atoms with Crippen LogP contribution in [0.1, 0.15) is 12.0 Å². The number of nitro benzene ring substituents is 1. The fourth-order valence-electron chi connectivity index (χ4n) is 4.34. The molecule has 0 saturated carbocycles. The molecule has 2 atom stereocenters. The SMILES string of the molecule is CNCCCN1c2ccc(C3=CC4C=CC=CC4N3)cc2Sc2cc([N+](=O)[O-])ccc21. The Morgan fingerprint density at radius 2 is 1.90 bits per heavy atom. The highest BCUT2D eigenvalue weighted by molar-refractivity contribution is 7.99. The van der Waals surface area contributed by atoms with Crippen LogP contribution in [-0.2, 0) is 0 Å². The number of nitro groups is 1. The molecule has 31 heavy (non-hydrogen) atoms. The Morgan fingerprint density at radius 3 is 2.68 bits per heavy atom. The van der Waals surface area contributed by atoms with E-state index in [9.17, 15) is 10.1 Å². The molecule has 2 heterocycles. The number of hydrogen-bond donors (Lipinski definition) is 2. The van der Waals surface area contributed by atoms with Crippen LogP contribution >= 0.6 is 11.8 Å². The zero-order valence-corrected chi connectivity index (χ0v) is 18.1. The summed E-state index contributed by atoms with van der Waals surface area (Å²) in [6.45, 7) is 1.76. The number of allylic oxidation sites excluding steroid dienone is 2. The van der Waals surface area contributed by atoms with Crippen LogP contribution in [0.15, 0.2) is 76.6 Å². The van der Waals surface area contributed by atoms with E-state index in [4.69, 9.17) is 0 Å². The summed E-state index contributed by atoms with van der Waals surface area (Å²) in [5, 5.41) is 18.1. The Morgan fingerprint density at radius 1 is 1.13 bits per heavy atom. The van der Waals surface area contributed by atoms with Crippen LogP contribution in [0.4, 0.5) is 17.1 Å². The van der Waals surface area contributed by atoms with Gasteiger partial charge in [-0.3, -0.25) is 10.1 Å². The fraction of sp³-hybridized carbons (Fsp3) is 0.250. The van der Waals surface area contributed by atoms with Crippen molar-refractivity contribution < 1.29 is 4.92 Å². The molecular weight excluding hydrogens is 408 g/mol. The Hall–Kier alpha value is -3.03. The van der Waals surface area contributed by atoms with Crippen LogP contribution in [0.3, 0.4) is 0 Å². The first-order chi connectivity index (χ1) is 15.1. The minimum absolute atomic E-state index is 0.129. The Labute approximate surface area is 185 Å².